The van der Waals surface area contributed by atoms with Crippen molar-refractivity contribution in [2.45, 2.75) is 77.5 Å². The molecule has 212 valence electrons. The van der Waals surface area contributed by atoms with Crippen molar-refractivity contribution in [1.82, 2.24) is 10.6 Å². The highest BCUT2D eigenvalue weighted by Crippen LogP contribution is 2.44. The van der Waals surface area contributed by atoms with Crippen molar-refractivity contribution in [1.29, 1.82) is 0 Å². The summed E-state index contributed by atoms with van der Waals surface area (Å²) >= 11 is 0. The molecule has 3 rings (SSSR count). The third-order valence-corrected chi connectivity index (χ3v) is 6.59. The number of alkyl carbamates (subject to hydrolysis) is 1. The maximum atomic E-state index is 13.0. The zero-order chi connectivity index (χ0) is 28.6. The van der Waals surface area contributed by atoms with Gasteiger partial charge in [-0.05, 0) is 61.8 Å². The highest BCUT2D eigenvalue weighted by Gasteiger charge is 2.30. The molecule has 0 fully saturated rings. The van der Waals surface area contributed by atoms with Gasteiger partial charge in [0.1, 0.15) is 18.2 Å². The third-order valence-electron chi connectivity index (χ3n) is 6.59. The highest BCUT2D eigenvalue weighted by atomic mass is 16.6. The van der Waals surface area contributed by atoms with E-state index in [1.165, 1.54) is 7.11 Å². The number of methoxy groups -OCH3 is 1. The second-order valence-corrected chi connectivity index (χ2v) is 11.4. The number of rotatable bonds is 12. The van der Waals surface area contributed by atoms with Gasteiger partial charge in [-0.15, -0.1) is 0 Å². The number of fused-ring (bicyclic) bond motifs is 3. The number of carbonyl (C=O) groups excluding carboxylic acids is 3. The van der Waals surface area contributed by atoms with Crippen LogP contribution < -0.4 is 10.6 Å². The smallest absolute Gasteiger partial charge is 0.407 e. The van der Waals surface area contributed by atoms with Crippen molar-refractivity contribution >= 4 is 18.0 Å². The molecule has 0 heterocycles. The van der Waals surface area contributed by atoms with Crippen LogP contribution in [0.4, 0.5) is 4.79 Å². The fourth-order valence-corrected chi connectivity index (χ4v) is 4.88. The molecule has 1 aliphatic carbocycles. The maximum absolute atomic E-state index is 13.0. The van der Waals surface area contributed by atoms with E-state index < -0.39 is 23.8 Å². The Morgan fingerprint density at radius 2 is 1.54 bits per heavy atom. The molecule has 1 amide bonds. The minimum atomic E-state index is -0.599. The molecule has 8 nitrogen and oxygen atoms in total. The third kappa shape index (κ3) is 8.82. The molecule has 2 atom stereocenters. The van der Waals surface area contributed by atoms with Crippen LogP contribution in [0.15, 0.2) is 48.5 Å². The maximum Gasteiger partial charge on any atom is 0.407 e. The van der Waals surface area contributed by atoms with Crippen LogP contribution in [0.2, 0.25) is 0 Å². The first kappa shape index (κ1) is 30.2. The predicted molar refractivity (Wildman–Crippen MR) is 150 cm³/mol. The Labute approximate surface area is 231 Å². The number of ether oxygens (including phenoxy) is 3. The first-order valence-electron chi connectivity index (χ1n) is 13.6. The number of hydrogen-bond acceptors (Lipinski definition) is 7. The van der Waals surface area contributed by atoms with Crippen LogP contribution in [0, 0.1) is 5.92 Å². The molecule has 1 aliphatic rings. The monoisotopic (exact) mass is 538 g/mol. The number of amides is 1. The summed E-state index contributed by atoms with van der Waals surface area (Å²) in [6.07, 6.45) is 0.435. The predicted octanol–water partition coefficient (Wildman–Crippen LogP) is 5.19. The Kier molecular flexibility index (Phi) is 10.5. The average Bonchev–Trinajstić information content (AvgIpc) is 3.20. The molecule has 0 unspecified atom stereocenters. The molecule has 0 radical (unpaired) electrons. The minimum absolute atomic E-state index is 0.0590. The standard InChI is InChI=1S/C31H42N2O6/c1-20(2)17-27(29(35)37-6)32-18-21(15-16-28(34)39-31(3,4)5)33-30(36)38-19-26-24-13-9-7-11-22(24)23-12-8-10-14-25(23)26/h7-14,20-21,26-27,32H,15-19H2,1-6H3,(H,33,36)/t21-,27-/m1/s1. The Morgan fingerprint density at radius 1 is 0.949 bits per heavy atom. The second-order valence-electron chi connectivity index (χ2n) is 11.4. The fraction of sp³-hybridized carbons (Fsp3) is 0.516. The van der Waals surface area contributed by atoms with Gasteiger partial charge in [0.15, 0.2) is 0 Å². The first-order chi connectivity index (χ1) is 18.5. The summed E-state index contributed by atoms with van der Waals surface area (Å²) in [6, 6.07) is 15.3. The van der Waals surface area contributed by atoms with Gasteiger partial charge in [0.25, 0.3) is 0 Å². The highest BCUT2D eigenvalue weighted by molar-refractivity contribution is 5.79. The SMILES string of the molecule is COC(=O)[C@@H](CC(C)C)NC[C@@H](CCC(=O)OC(C)(C)C)NC(=O)OCC1c2ccccc2-c2ccccc21. The van der Waals surface area contributed by atoms with Gasteiger partial charge >= 0.3 is 18.0 Å². The van der Waals surface area contributed by atoms with Gasteiger partial charge in [0, 0.05) is 24.9 Å². The lowest BCUT2D eigenvalue weighted by molar-refractivity contribution is -0.155. The Morgan fingerprint density at radius 3 is 2.08 bits per heavy atom. The molecule has 0 aromatic heterocycles. The van der Waals surface area contributed by atoms with Crippen LogP contribution in [-0.2, 0) is 23.8 Å². The van der Waals surface area contributed by atoms with Crippen molar-refractivity contribution < 1.29 is 28.6 Å². The van der Waals surface area contributed by atoms with Crippen molar-refractivity contribution in [3.05, 3.63) is 59.7 Å². The summed E-state index contributed by atoms with van der Waals surface area (Å²) in [5.74, 6) is -0.516. The molecule has 2 aromatic carbocycles. The van der Waals surface area contributed by atoms with E-state index in [1.54, 1.807) is 0 Å². The van der Waals surface area contributed by atoms with Gasteiger partial charge in [0.2, 0.25) is 0 Å². The van der Waals surface area contributed by atoms with Crippen LogP contribution >= 0.6 is 0 Å². The zero-order valence-electron chi connectivity index (χ0n) is 23.9. The van der Waals surface area contributed by atoms with Crippen LogP contribution in [0.25, 0.3) is 11.1 Å². The largest absolute Gasteiger partial charge is 0.468 e. The van der Waals surface area contributed by atoms with Crippen LogP contribution in [0.3, 0.4) is 0 Å². The lowest BCUT2D eigenvalue weighted by Crippen LogP contribution is -2.48. The van der Waals surface area contributed by atoms with Crippen LogP contribution in [-0.4, -0.2) is 56.0 Å². The van der Waals surface area contributed by atoms with Gasteiger partial charge in [-0.3, -0.25) is 9.59 Å². The van der Waals surface area contributed by atoms with E-state index in [2.05, 4.69) is 34.9 Å². The second kappa shape index (κ2) is 13.6. The van der Waals surface area contributed by atoms with E-state index in [0.29, 0.717) is 12.8 Å². The molecule has 0 spiro atoms. The van der Waals surface area contributed by atoms with Gasteiger partial charge in [0.05, 0.1) is 7.11 Å². The molecule has 0 aliphatic heterocycles. The molecule has 0 saturated heterocycles. The van der Waals surface area contributed by atoms with E-state index in [1.807, 2.05) is 58.9 Å². The molecule has 39 heavy (non-hydrogen) atoms. The van der Waals surface area contributed by atoms with E-state index in [9.17, 15) is 14.4 Å². The van der Waals surface area contributed by atoms with Gasteiger partial charge in [-0.25, -0.2) is 4.79 Å². The Balaban J connectivity index is 1.65. The van der Waals surface area contributed by atoms with Crippen molar-refractivity contribution in [3.63, 3.8) is 0 Å². The van der Waals surface area contributed by atoms with Crippen molar-refractivity contribution in [2.24, 2.45) is 5.92 Å². The number of carbonyl (C=O) groups is 3. The lowest BCUT2D eigenvalue weighted by Gasteiger charge is -2.25. The fourth-order valence-electron chi connectivity index (χ4n) is 4.88. The van der Waals surface area contributed by atoms with Crippen LogP contribution in [0.1, 0.15) is 70.9 Å². The summed E-state index contributed by atoms with van der Waals surface area (Å²) in [5, 5.41) is 6.09. The average molecular weight is 539 g/mol. The van der Waals surface area contributed by atoms with Crippen LogP contribution in [0.5, 0.6) is 0 Å². The zero-order valence-corrected chi connectivity index (χ0v) is 23.9. The Bertz CT molecular complexity index is 1090. The van der Waals surface area contributed by atoms with E-state index >= 15 is 0 Å². The van der Waals surface area contributed by atoms with Gasteiger partial charge in [-0.1, -0.05) is 62.4 Å². The topological polar surface area (TPSA) is 103 Å². The summed E-state index contributed by atoms with van der Waals surface area (Å²) in [5.41, 5.74) is 3.97. The van der Waals surface area contributed by atoms with Gasteiger partial charge in [-0.2, -0.15) is 0 Å². The minimum Gasteiger partial charge on any atom is -0.468 e. The van der Waals surface area contributed by atoms with Crippen molar-refractivity contribution in [2.75, 3.05) is 20.3 Å². The summed E-state index contributed by atoms with van der Waals surface area (Å²) in [6.45, 7) is 9.92. The van der Waals surface area contributed by atoms with E-state index in [-0.39, 0.29) is 43.3 Å². The number of nitrogens with one attached hydrogen (secondary N) is 2. The molecule has 0 bridgehead atoms. The van der Waals surface area contributed by atoms with E-state index in [4.69, 9.17) is 14.2 Å². The summed E-state index contributed by atoms with van der Waals surface area (Å²) in [4.78, 5) is 37.6. The van der Waals surface area contributed by atoms with Crippen molar-refractivity contribution in [3.8, 4) is 11.1 Å². The first-order valence-corrected chi connectivity index (χ1v) is 13.6. The molecule has 2 aromatic rings. The lowest BCUT2D eigenvalue weighted by atomic mass is 9.98. The molecular weight excluding hydrogens is 496 g/mol. The summed E-state index contributed by atoms with van der Waals surface area (Å²) < 4.78 is 16.1. The molecule has 2 N–H and O–H groups in total. The molecular formula is C31H42N2O6. The Hall–Kier alpha value is -3.39. The number of benzene rings is 2. The number of hydrogen-bond donors (Lipinski definition) is 2. The molecule has 0 saturated carbocycles. The number of esters is 2. The normalized spacial score (nSPS) is 14.2. The quantitative estimate of drug-likeness (QED) is 0.283. The van der Waals surface area contributed by atoms with E-state index in [0.717, 1.165) is 22.3 Å². The summed E-state index contributed by atoms with van der Waals surface area (Å²) in [7, 11) is 1.35. The van der Waals surface area contributed by atoms with Gasteiger partial charge < -0.3 is 24.8 Å². The molecule has 8 heteroatoms.